The lowest BCUT2D eigenvalue weighted by Gasteiger charge is -2.19. The Morgan fingerprint density at radius 3 is 1.85 bits per heavy atom. The number of carbonyl (C=O) groups is 12. The number of likely N-dealkylation sites (tertiary alicyclic amines) is 1. The lowest BCUT2D eigenvalue weighted by atomic mass is 9.96. The molecule has 9 amide bonds. The van der Waals surface area contributed by atoms with E-state index in [0.29, 0.717) is 75.2 Å². The maximum Gasteiger partial charge on any atom is 0.338 e. The van der Waals surface area contributed by atoms with E-state index < -0.39 is 39.8 Å². The zero-order valence-corrected chi connectivity index (χ0v) is 51.0. The zero-order chi connectivity index (χ0) is 63.2. The Balaban J connectivity index is 0.000000425. The predicted molar refractivity (Wildman–Crippen MR) is 315 cm³/mol. The number of unbranched alkanes of at least 4 members (excludes halogenated alkanes) is 7. The van der Waals surface area contributed by atoms with E-state index in [0.717, 1.165) is 59.4 Å². The summed E-state index contributed by atoms with van der Waals surface area (Å²) >= 11 is 1.35. The molecule has 1 unspecified atom stereocenters. The van der Waals surface area contributed by atoms with Crippen molar-refractivity contribution in [2.24, 2.45) is 10.8 Å². The highest BCUT2D eigenvalue weighted by Crippen LogP contribution is 2.32. The summed E-state index contributed by atoms with van der Waals surface area (Å²) in [6.07, 6.45) is 14.0. The van der Waals surface area contributed by atoms with Gasteiger partial charge in [-0.25, -0.2) is 10.3 Å². The van der Waals surface area contributed by atoms with E-state index in [1.807, 2.05) is 54.6 Å². The number of nitrogens with one attached hydrogen (secondary N) is 3. The van der Waals surface area contributed by atoms with Crippen LogP contribution in [0, 0.1) is 10.8 Å². The average molecular weight is 1210 g/mol. The summed E-state index contributed by atoms with van der Waals surface area (Å²) < 4.78 is 1.69. The number of carbonyl (C=O) groups excluding carboxylic acids is 11. The maximum absolute atomic E-state index is 13.0. The Bertz CT molecular complexity index is 2810. The second kappa shape index (κ2) is 36.2. The molecule has 4 N–H and O–H groups in total. The zero-order valence-electron chi connectivity index (χ0n) is 50.2. The smallest absolute Gasteiger partial charge is 0.338 e. The Morgan fingerprint density at radius 2 is 1.23 bits per heavy atom. The Labute approximate surface area is 506 Å². The summed E-state index contributed by atoms with van der Waals surface area (Å²) in [4.78, 5) is 154. The van der Waals surface area contributed by atoms with Gasteiger partial charge in [0.1, 0.15) is 11.5 Å². The Hall–Kier alpha value is -7.93. The van der Waals surface area contributed by atoms with Crippen LogP contribution in [0.1, 0.15) is 168 Å². The number of thioether (sulfide) groups is 1. The number of ketones is 1. The van der Waals surface area contributed by atoms with Gasteiger partial charge in [0, 0.05) is 100 Å². The van der Waals surface area contributed by atoms with Gasteiger partial charge in [-0.2, -0.15) is 0 Å². The summed E-state index contributed by atoms with van der Waals surface area (Å²) in [6, 6.07) is 17.2. The lowest BCUT2D eigenvalue weighted by Crippen LogP contribution is -2.41. The number of hydrogen-bond donors (Lipinski definition) is 4. The molecule has 0 radical (unpaired) electrons. The normalized spacial score (nSPS) is 14.9. The highest BCUT2D eigenvalue weighted by atomic mass is 32.2. The molecule has 1 aromatic heterocycles. The Kier molecular flexibility index (Phi) is 29.7. The van der Waals surface area contributed by atoms with E-state index in [1.54, 1.807) is 52.4 Å². The molecule has 0 spiro atoms. The van der Waals surface area contributed by atoms with Gasteiger partial charge in [-0.15, -0.1) is 21.9 Å². The molecule has 6 rings (SSSR count). The number of nitrogens with zero attached hydrogens (tertiary/aromatic N) is 6. The van der Waals surface area contributed by atoms with Crippen molar-refractivity contribution in [1.29, 1.82) is 0 Å². The van der Waals surface area contributed by atoms with Gasteiger partial charge >= 0.3 is 11.9 Å². The van der Waals surface area contributed by atoms with Crippen molar-refractivity contribution in [2.75, 3.05) is 19.6 Å². The molecule has 3 aliphatic heterocycles. The minimum absolute atomic E-state index is 0.0976. The third-order valence-corrected chi connectivity index (χ3v) is 14.5. The van der Waals surface area contributed by atoms with E-state index in [9.17, 15) is 57.5 Å². The van der Waals surface area contributed by atoms with Crippen LogP contribution in [-0.4, -0.2) is 131 Å². The third-order valence-electron chi connectivity index (χ3n) is 13.3. The van der Waals surface area contributed by atoms with E-state index in [4.69, 9.17) is 14.8 Å². The van der Waals surface area contributed by atoms with Crippen LogP contribution in [0.4, 0.5) is 0 Å². The van der Waals surface area contributed by atoms with Crippen LogP contribution in [0.5, 0.6) is 0 Å². The number of carboxylic acid groups (broad SMARTS) is 1. The number of aromatic nitrogens is 3. The number of benzene rings is 2. The van der Waals surface area contributed by atoms with Crippen LogP contribution in [0.2, 0.25) is 0 Å². The molecule has 4 heterocycles. The number of imide groups is 3. The minimum Gasteiger partial charge on any atom is -0.481 e. The van der Waals surface area contributed by atoms with Crippen molar-refractivity contribution in [1.82, 2.24) is 46.0 Å². The molecule has 2 saturated heterocycles. The monoisotopic (exact) mass is 1210 g/mol. The van der Waals surface area contributed by atoms with Gasteiger partial charge in [-0.1, -0.05) is 94.1 Å². The number of amides is 9. The molecule has 2 aromatic carbocycles. The number of hydroxylamine groups is 3. The Morgan fingerprint density at radius 1 is 0.640 bits per heavy atom. The quantitative estimate of drug-likeness (QED) is 0.0297. The summed E-state index contributed by atoms with van der Waals surface area (Å²) in [5.74, 6) is -3.47. The van der Waals surface area contributed by atoms with E-state index in [-0.39, 0.29) is 99.1 Å². The summed E-state index contributed by atoms with van der Waals surface area (Å²) in [6.45, 7) is 12.3. The van der Waals surface area contributed by atoms with Gasteiger partial charge in [0.25, 0.3) is 23.6 Å². The van der Waals surface area contributed by atoms with Crippen LogP contribution in [-0.2, 0) is 93.3 Å². The highest BCUT2D eigenvalue weighted by Gasteiger charge is 2.39. The van der Waals surface area contributed by atoms with Crippen LogP contribution < -0.4 is 16.1 Å². The number of rotatable bonds is 32. The van der Waals surface area contributed by atoms with Crippen LogP contribution in [0.25, 0.3) is 0 Å². The standard InChI is InChI=1S/C41H54N6O8S.C11H16N2O3.C9H13NO4/c48-34(26-31-14-6-3-7-15-31)16-8-1-2-9-18-38(50)44-55-30-32-20-22-35(23-21-32)56-36-27-39(51)47(41(36)54)25-13-4-10-17-37(49)42-28-33-29-46(45-43-33)24-12-5-11-19-40(52)53;1-11(2,3)10(16)12-6-7-13-8(14)4-5-9(13)15;1-9(2,3)8(13)14-10-6(11)4-5-7(10)12/h3,6-7,14-15,20-23,29,36H,1-2,4-5,8-13,16-19,24-28,30H2,(H,42,49)(H,44,50)(H,52,53);4-5H,6-7H2,1-3H3,(H,12,16);4-5H2,1-3H3. The summed E-state index contributed by atoms with van der Waals surface area (Å²) in [7, 11) is 0. The number of Topliss-reactive ketones (excluding diaryl/α,β-unsaturated/α-hetero) is 1. The van der Waals surface area contributed by atoms with Gasteiger partial charge < -0.3 is 20.6 Å². The molecule has 1 atom stereocenters. The van der Waals surface area contributed by atoms with Gasteiger partial charge in [0.15, 0.2) is 0 Å². The second-order valence-electron chi connectivity index (χ2n) is 22.9. The first-order valence-electron chi connectivity index (χ1n) is 29.1. The number of aliphatic carboxylic acids is 1. The van der Waals surface area contributed by atoms with Gasteiger partial charge in [-0.3, -0.25) is 72.1 Å². The largest absolute Gasteiger partial charge is 0.481 e. The fourth-order valence-electron chi connectivity index (χ4n) is 8.27. The van der Waals surface area contributed by atoms with Crippen molar-refractivity contribution in [3.63, 3.8) is 0 Å². The fourth-order valence-corrected chi connectivity index (χ4v) is 9.35. The van der Waals surface area contributed by atoms with E-state index in [2.05, 4.69) is 26.4 Å². The molecular formula is C61H83N9O15S. The molecule has 3 aliphatic rings. The topological polar surface area (TPSA) is 320 Å². The first kappa shape index (κ1) is 70.6. The fraction of sp³-hybridized carbons (Fsp3) is 0.541. The summed E-state index contributed by atoms with van der Waals surface area (Å²) in [5, 5.41) is 22.4. The highest BCUT2D eigenvalue weighted by molar-refractivity contribution is 8.00. The first-order valence-corrected chi connectivity index (χ1v) is 30.0. The molecule has 3 aromatic rings. The molecule has 24 nitrogen and oxygen atoms in total. The number of carboxylic acids is 1. The SMILES string of the molecule is CC(C)(C)C(=O)NCCN1C(=O)C=CC1=O.CC(C)(C)C(=O)ON1C(=O)CCC1=O.O=C(O)CCCCCn1cc(CNC(=O)CCCCCN2C(=O)CC(Sc3ccc(CONC(=O)CCCCCCC(=O)Cc4ccccc4)cc3)C2=O)nn1. The van der Waals surface area contributed by atoms with Crippen LogP contribution in [0.15, 0.2) is 77.8 Å². The molecule has 468 valence electrons. The van der Waals surface area contributed by atoms with Gasteiger partial charge in [0.05, 0.1) is 30.0 Å². The van der Waals surface area contributed by atoms with Gasteiger partial charge in [-0.05, 0) is 82.6 Å². The van der Waals surface area contributed by atoms with Gasteiger partial charge in [0.2, 0.25) is 29.5 Å². The second-order valence-corrected chi connectivity index (χ2v) is 24.2. The average Bonchev–Trinajstić information content (AvgIpc) is 3.32. The van der Waals surface area contributed by atoms with Crippen molar-refractivity contribution in [2.45, 2.75) is 187 Å². The van der Waals surface area contributed by atoms with Crippen LogP contribution >= 0.6 is 11.8 Å². The molecule has 0 saturated carbocycles. The molecular weight excluding hydrogens is 1130 g/mol. The predicted octanol–water partition coefficient (Wildman–Crippen LogP) is 6.43. The lowest BCUT2D eigenvalue weighted by molar-refractivity contribution is -0.203. The van der Waals surface area contributed by atoms with Crippen molar-refractivity contribution >= 4 is 82.6 Å². The molecule has 25 heteroatoms. The summed E-state index contributed by atoms with van der Waals surface area (Å²) in [5.41, 5.74) is 3.84. The van der Waals surface area contributed by atoms with E-state index >= 15 is 0 Å². The minimum atomic E-state index is -0.793. The van der Waals surface area contributed by atoms with Crippen molar-refractivity contribution in [3.8, 4) is 0 Å². The number of aryl methyl sites for hydroxylation is 1. The van der Waals surface area contributed by atoms with E-state index in [1.165, 1.54) is 28.8 Å². The maximum atomic E-state index is 13.0. The molecule has 0 aliphatic carbocycles. The van der Waals surface area contributed by atoms with Crippen molar-refractivity contribution < 1.29 is 72.3 Å². The molecule has 0 bridgehead atoms. The molecule has 86 heavy (non-hydrogen) atoms. The first-order chi connectivity index (χ1) is 40.8. The third kappa shape index (κ3) is 26.5. The van der Waals surface area contributed by atoms with Crippen LogP contribution in [0.3, 0.4) is 0 Å². The number of hydrogen-bond acceptors (Lipinski definition) is 17. The molecule has 2 fully saturated rings. The van der Waals surface area contributed by atoms with Crippen molar-refractivity contribution in [3.05, 3.63) is 89.8 Å².